The lowest BCUT2D eigenvalue weighted by atomic mass is 9.96. The summed E-state index contributed by atoms with van der Waals surface area (Å²) >= 11 is 0. The summed E-state index contributed by atoms with van der Waals surface area (Å²) in [6, 6.07) is 10.3. The van der Waals surface area contributed by atoms with Gasteiger partial charge in [-0.1, -0.05) is 43.2 Å². The first-order valence-electron chi connectivity index (χ1n) is 9.61. The van der Waals surface area contributed by atoms with Crippen molar-refractivity contribution in [3.63, 3.8) is 0 Å². The lowest BCUT2D eigenvalue weighted by Crippen LogP contribution is -2.51. The molecule has 1 heterocycles. The van der Waals surface area contributed by atoms with Crippen LogP contribution in [0.4, 0.5) is 4.79 Å². The van der Waals surface area contributed by atoms with Crippen molar-refractivity contribution in [2.45, 2.75) is 63.1 Å². The lowest BCUT2D eigenvalue weighted by molar-refractivity contribution is 0.0590. The molecule has 2 aliphatic rings. The number of amides is 2. The average molecular weight is 345 g/mol. The average Bonchev–Trinajstić information content (AvgIpc) is 3.16. The predicted octanol–water partition coefficient (Wildman–Crippen LogP) is 2.60. The van der Waals surface area contributed by atoms with Gasteiger partial charge in [0.1, 0.15) is 5.60 Å². The van der Waals surface area contributed by atoms with Crippen LogP contribution in [0.15, 0.2) is 30.3 Å². The molecule has 5 heteroatoms. The summed E-state index contributed by atoms with van der Waals surface area (Å²) in [6.45, 7) is 4.08. The van der Waals surface area contributed by atoms with Gasteiger partial charge >= 0.3 is 6.03 Å². The Labute approximate surface area is 150 Å². The Hall–Kier alpha value is -1.59. The lowest BCUT2D eigenvalue weighted by Gasteiger charge is -2.36. The molecule has 1 unspecified atom stereocenters. The van der Waals surface area contributed by atoms with E-state index in [4.69, 9.17) is 0 Å². The van der Waals surface area contributed by atoms with Crippen LogP contribution in [-0.4, -0.2) is 47.8 Å². The van der Waals surface area contributed by atoms with Gasteiger partial charge in [0.05, 0.1) is 6.54 Å². The number of likely N-dealkylation sites (tertiary alicyclic amines) is 1. The van der Waals surface area contributed by atoms with Crippen LogP contribution in [0.2, 0.25) is 0 Å². The molecule has 2 fully saturated rings. The van der Waals surface area contributed by atoms with Crippen molar-refractivity contribution in [1.82, 2.24) is 15.5 Å². The maximum atomic E-state index is 12.2. The van der Waals surface area contributed by atoms with Crippen LogP contribution in [0, 0.1) is 0 Å². The van der Waals surface area contributed by atoms with Gasteiger partial charge in [-0.25, -0.2) is 4.79 Å². The molecule has 1 atom stereocenters. The molecule has 1 aromatic rings. The van der Waals surface area contributed by atoms with Crippen LogP contribution in [0.1, 0.15) is 51.0 Å². The van der Waals surface area contributed by atoms with Gasteiger partial charge in [-0.2, -0.15) is 0 Å². The van der Waals surface area contributed by atoms with Gasteiger partial charge in [-0.15, -0.1) is 0 Å². The molecule has 1 saturated heterocycles. The summed E-state index contributed by atoms with van der Waals surface area (Å²) in [4.78, 5) is 14.8. The molecular formula is C20H31N3O2. The van der Waals surface area contributed by atoms with E-state index in [0.29, 0.717) is 0 Å². The molecular weight excluding hydrogens is 314 g/mol. The van der Waals surface area contributed by atoms with Gasteiger partial charge < -0.3 is 20.6 Å². The molecule has 5 nitrogen and oxygen atoms in total. The third-order valence-corrected chi connectivity index (χ3v) is 5.69. The number of nitrogens with one attached hydrogen (secondary N) is 2. The van der Waals surface area contributed by atoms with E-state index in [2.05, 4.69) is 15.5 Å². The van der Waals surface area contributed by atoms with E-state index in [1.807, 2.05) is 30.3 Å². The first-order valence-corrected chi connectivity index (χ1v) is 9.61. The Kier molecular flexibility index (Phi) is 5.97. The number of nitrogens with zero attached hydrogens (tertiary/aromatic N) is 1. The minimum Gasteiger partial charge on any atom is -0.384 e. The smallest absolute Gasteiger partial charge is 0.315 e. The Morgan fingerprint density at radius 2 is 1.80 bits per heavy atom. The number of rotatable bonds is 5. The molecule has 138 valence electrons. The van der Waals surface area contributed by atoms with E-state index in [0.717, 1.165) is 37.5 Å². The molecule has 2 amide bonds. The molecule has 25 heavy (non-hydrogen) atoms. The molecule has 1 aromatic carbocycles. The highest BCUT2D eigenvalue weighted by atomic mass is 16.3. The van der Waals surface area contributed by atoms with Crippen LogP contribution >= 0.6 is 0 Å². The van der Waals surface area contributed by atoms with Gasteiger partial charge in [0.15, 0.2) is 0 Å². The van der Waals surface area contributed by atoms with Crippen LogP contribution in [0.25, 0.3) is 0 Å². The fourth-order valence-corrected chi connectivity index (χ4v) is 4.07. The van der Waals surface area contributed by atoms with Gasteiger partial charge in [0.2, 0.25) is 0 Å². The van der Waals surface area contributed by atoms with Crippen LogP contribution in [0.3, 0.4) is 0 Å². The van der Waals surface area contributed by atoms with Crippen molar-refractivity contribution in [2.24, 2.45) is 0 Å². The zero-order valence-corrected chi connectivity index (χ0v) is 15.2. The Bertz CT molecular complexity index is 547. The van der Waals surface area contributed by atoms with E-state index in [9.17, 15) is 9.90 Å². The third-order valence-electron chi connectivity index (χ3n) is 5.69. The van der Waals surface area contributed by atoms with Crippen LogP contribution in [0.5, 0.6) is 0 Å². The van der Waals surface area contributed by atoms with Crippen molar-refractivity contribution in [2.75, 3.05) is 19.6 Å². The second kappa shape index (κ2) is 8.19. The second-order valence-corrected chi connectivity index (χ2v) is 7.72. The second-order valence-electron chi connectivity index (χ2n) is 7.72. The van der Waals surface area contributed by atoms with Gasteiger partial charge in [-0.3, -0.25) is 0 Å². The predicted molar refractivity (Wildman–Crippen MR) is 99.4 cm³/mol. The number of aliphatic hydroxyl groups is 1. The zero-order valence-electron chi connectivity index (χ0n) is 15.2. The summed E-state index contributed by atoms with van der Waals surface area (Å²) in [5, 5.41) is 16.4. The molecule has 1 aliphatic heterocycles. The van der Waals surface area contributed by atoms with Crippen LogP contribution < -0.4 is 10.6 Å². The highest BCUT2D eigenvalue weighted by molar-refractivity contribution is 5.74. The Morgan fingerprint density at radius 1 is 1.16 bits per heavy atom. The summed E-state index contributed by atoms with van der Waals surface area (Å²) < 4.78 is 0. The van der Waals surface area contributed by atoms with Crippen molar-refractivity contribution >= 4 is 6.03 Å². The highest BCUT2D eigenvalue weighted by Crippen LogP contribution is 2.26. The quantitative estimate of drug-likeness (QED) is 0.769. The van der Waals surface area contributed by atoms with Gasteiger partial charge in [0, 0.05) is 25.2 Å². The highest BCUT2D eigenvalue weighted by Gasteiger charge is 2.28. The molecule has 1 saturated carbocycles. The number of benzene rings is 1. The standard InChI is InChI=1S/C20H31N3O2/c1-20(25,16-7-3-2-4-8-16)15-21-19(24)22-17-11-13-23(14-12-17)18-9-5-6-10-18/h2-4,7-8,17-18,25H,5-6,9-15H2,1H3,(H2,21,22,24). The SMILES string of the molecule is CC(O)(CNC(=O)NC1CCN(C2CCCC2)CC1)c1ccccc1. The monoisotopic (exact) mass is 345 g/mol. The molecule has 1 aliphatic carbocycles. The van der Waals surface area contributed by atoms with Crippen molar-refractivity contribution in [1.29, 1.82) is 0 Å². The zero-order chi connectivity index (χ0) is 17.7. The van der Waals surface area contributed by atoms with E-state index in [-0.39, 0.29) is 18.6 Å². The molecule has 0 bridgehead atoms. The van der Waals surface area contributed by atoms with E-state index >= 15 is 0 Å². The topological polar surface area (TPSA) is 64.6 Å². The molecule has 3 N–H and O–H groups in total. The number of urea groups is 1. The largest absolute Gasteiger partial charge is 0.384 e. The Morgan fingerprint density at radius 3 is 2.44 bits per heavy atom. The fraction of sp³-hybridized carbons (Fsp3) is 0.650. The first kappa shape index (κ1) is 18.2. The third kappa shape index (κ3) is 4.95. The van der Waals surface area contributed by atoms with Crippen molar-refractivity contribution in [3.8, 4) is 0 Å². The maximum absolute atomic E-state index is 12.2. The Balaban J connectivity index is 1.39. The minimum atomic E-state index is -1.07. The number of carbonyl (C=O) groups excluding carboxylic acids is 1. The summed E-state index contributed by atoms with van der Waals surface area (Å²) in [6.07, 6.45) is 7.44. The fourth-order valence-electron chi connectivity index (χ4n) is 4.07. The molecule has 0 aromatic heterocycles. The normalized spacial score (nSPS) is 22.5. The minimum absolute atomic E-state index is 0.185. The van der Waals surface area contributed by atoms with Crippen LogP contribution in [-0.2, 0) is 5.60 Å². The summed E-state index contributed by atoms with van der Waals surface area (Å²) in [7, 11) is 0. The van der Waals surface area contributed by atoms with E-state index in [1.165, 1.54) is 25.7 Å². The number of hydrogen-bond donors (Lipinski definition) is 3. The maximum Gasteiger partial charge on any atom is 0.315 e. The number of hydrogen-bond acceptors (Lipinski definition) is 3. The van der Waals surface area contributed by atoms with Crippen molar-refractivity contribution < 1.29 is 9.90 Å². The van der Waals surface area contributed by atoms with E-state index < -0.39 is 5.60 Å². The first-order chi connectivity index (χ1) is 12.0. The van der Waals surface area contributed by atoms with Gasteiger partial charge in [0.25, 0.3) is 0 Å². The van der Waals surface area contributed by atoms with Crippen molar-refractivity contribution in [3.05, 3.63) is 35.9 Å². The number of carbonyl (C=O) groups is 1. The van der Waals surface area contributed by atoms with Gasteiger partial charge in [-0.05, 0) is 38.2 Å². The summed E-state index contributed by atoms with van der Waals surface area (Å²) in [5.74, 6) is 0. The number of piperidine rings is 1. The molecule has 0 spiro atoms. The summed E-state index contributed by atoms with van der Waals surface area (Å²) in [5.41, 5.74) is -0.259. The molecule has 0 radical (unpaired) electrons. The molecule has 3 rings (SSSR count). The van der Waals surface area contributed by atoms with E-state index in [1.54, 1.807) is 6.92 Å².